The smallest absolute Gasteiger partial charge is 0.210 e. The minimum absolute atomic E-state index is 0.355. The van der Waals surface area contributed by atoms with E-state index in [-0.39, 0.29) is 0 Å². The molecule has 0 N–H and O–H groups in total. The summed E-state index contributed by atoms with van der Waals surface area (Å²) in [6, 6.07) is 7.44. The van der Waals surface area contributed by atoms with Crippen LogP contribution in [0.3, 0.4) is 0 Å². The fraction of sp³-hybridized carbons (Fsp3) is 0.200. The Morgan fingerprint density at radius 3 is 2.62 bits per heavy atom. The second kappa shape index (κ2) is 4.82. The van der Waals surface area contributed by atoms with E-state index < -0.39 is 11.1 Å². The first-order valence-electron chi connectivity index (χ1n) is 3.96. The van der Waals surface area contributed by atoms with Crippen molar-refractivity contribution in [3.63, 3.8) is 0 Å². The van der Waals surface area contributed by atoms with E-state index in [4.69, 9.17) is 4.18 Å². The first-order valence-corrected chi connectivity index (χ1v) is 5.21. The van der Waals surface area contributed by atoms with Gasteiger partial charge in [0.1, 0.15) is 5.75 Å². The van der Waals surface area contributed by atoms with E-state index in [1.807, 2.05) is 19.1 Å². The molecule has 0 bridgehead atoms. The van der Waals surface area contributed by atoms with E-state index in [1.165, 1.54) is 0 Å². The van der Waals surface area contributed by atoms with Gasteiger partial charge in [0.25, 0.3) is 0 Å². The van der Waals surface area contributed by atoms with Crippen molar-refractivity contribution in [2.75, 3.05) is 5.75 Å². The molecule has 1 aromatic rings. The van der Waals surface area contributed by atoms with Crippen molar-refractivity contribution in [1.29, 1.82) is 0 Å². The van der Waals surface area contributed by atoms with Crippen LogP contribution in [0.5, 0.6) is 5.75 Å². The number of benzene rings is 1. The lowest BCUT2D eigenvalue weighted by Crippen LogP contribution is -2.02. The summed E-state index contributed by atoms with van der Waals surface area (Å²) in [6.07, 6.45) is 1.57. The zero-order chi connectivity index (χ0) is 9.68. The summed E-state index contributed by atoms with van der Waals surface area (Å²) < 4.78 is 16.2. The van der Waals surface area contributed by atoms with Crippen molar-refractivity contribution < 1.29 is 8.39 Å². The summed E-state index contributed by atoms with van der Waals surface area (Å²) in [4.78, 5) is 0. The zero-order valence-electron chi connectivity index (χ0n) is 7.53. The molecule has 0 amide bonds. The quantitative estimate of drug-likeness (QED) is 0.690. The first-order chi connectivity index (χ1) is 6.22. The minimum Gasteiger partial charge on any atom is -0.400 e. The molecule has 0 aliphatic heterocycles. The molecule has 1 aromatic carbocycles. The van der Waals surface area contributed by atoms with Crippen LogP contribution in [0.4, 0.5) is 0 Å². The largest absolute Gasteiger partial charge is 0.400 e. The highest BCUT2D eigenvalue weighted by atomic mass is 32.2. The molecule has 0 spiro atoms. The lowest BCUT2D eigenvalue weighted by atomic mass is 10.2. The molecule has 0 saturated carbocycles. The van der Waals surface area contributed by atoms with Gasteiger partial charge in [-0.3, -0.25) is 0 Å². The first kappa shape index (κ1) is 9.99. The molecule has 0 radical (unpaired) electrons. The van der Waals surface area contributed by atoms with E-state index >= 15 is 0 Å². The summed E-state index contributed by atoms with van der Waals surface area (Å²) in [5.74, 6) is 0.985. The second-order valence-corrected chi connectivity index (χ2v) is 3.76. The number of hydrogen-bond donors (Lipinski definition) is 0. The maximum atomic E-state index is 11.1. The average Bonchev–Trinajstić information content (AvgIpc) is 2.09. The molecule has 2 nitrogen and oxygen atoms in total. The molecule has 0 aliphatic carbocycles. The van der Waals surface area contributed by atoms with Gasteiger partial charge in [0.05, 0.1) is 5.75 Å². The molecular weight excluding hydrogens is 184 g/mol. The highest BCUT2D eigenvalue weighted by Crippen LogP contribution is 2.12. The Balaban J connectivity index is 2.59. The predicted octanol–water partition coefficient (Wildman–Crippen LogP) is 2.22. The molecular formula is C10H12O2S. The summed E-state index contributed by atoms with van der Waals surface area (Å²) in [7, 11) is 0. The third-order valence-corrected chi connectivity index (χ3v) is 2.35. The number of rotatable bonds is 4. The van der Waals surface area contributed by atoms with Gasteiger partial charge in [-0.2, -0.15) is 0 Å². The van der Waals surface area contributed by atoms with Crippen LogP contribution in [-0.4, -0.2) is 9.96 Å². The Hall–Kier alpha value is -1.09. The monoisotopic (exact) mass is 196 g/mol. The topological polar surface area (TPSA) is 26.3 Å². The van der Waals surface area contributed by atoms with Crippen molar-refractivity contribution in [3.05, 3.63) is 42.5 Å². The van der Waals surface area contributed by atoms with Gasteiger partial charge in [0, 0.05) is 0 Å². The lowest BCUT2D eigenvalue weighted by Gasteiger charge is -2.02. The van der Waals surface area contributed by atoms with E-state index in [0.29, 0.717) is 11.5 Å². The van der Waals surface area contributed by atoms with Crippen LogP contribution >= 0.6 is 0 Å². The fourth-order valence-corrected chi connectivity index (χ4v) is 1.42. The molecule has 0 fully saturated rings. The summed E-state index contributed by atoms with van der Waals surface area (Å²) in [5, 5.41) is 0. The molecule has 13 heavy (non-hydrogen) atoms. The molecule has 1 unspecified atom stereocenters. The molecule has 70 valence electrons. The normalized spacial score (nSPS) is 12.1. The predicted molar refractivity (Wildman–Crippen MR) is 55.0 cm³/mol. The third kappa shape index (κ3) is 3.42. The number of aryl methyl sites for hydroxylation is 1. The van der Waals surface area contributed by atoms with E-state index in [0.717, 1.165) is 5.56 Å². The van der Waals surface area contributed by atoms with Gasteiger partial charge >= 0.3 is 0 Å². The Morgan fingerprint density at radius 2 is 2.08 bits per heavy atom. The van der Waals surface area contributed by atoms with Crippen molar-refractivity contribution in [3.8, 4) is 5.75 Å². The Labute approximate surface area is 80.9 Å². The van der Waals surface area contributed by atoms with E-state index in [1.54, 1.807) is 18.2 Å². The minimum atomic E-state index is -1.30. The third-order valence-electron chi connectivity index (χ3n) is 1.46. The van der Waals surface area contributed by atoms with Gasteiger partial charge in [-0.05, 0) is 19.1 Å². The van der Waals surface area contributed by atoms with Crippen LogP contribution in [-0.2, 0) is 11.1 Å². The van der Waals surface area contributed by atoms with Crippen LogP contribution < -0.4 is 4.18 Å². The molecule has 0 aliphatic rings. The molecule has 1 atom stereocenters. The second-order valence-electron chi connectivity index (χ2n) is 2.66. The molecule has 3 heteroatoms. The van der Waals surface area contributed by atoms with Crippen LogP contribution in [0.25, 0.3) is 0 Å². The maximum Gasteiger partial charge on any atom is 0.210 e. The molecule has 0 aromatic heterocycles. The molecule has 0 saturated heterocycles. The van der Waals surface area contributed by atoms with Gasteiger partial charge in [-0.25, -0.2) is 4.21 Å². The van der Waals surface area contributed by atoms with Crippen LogP contribution in [0.15, 0.2) is 36.9 Å². The summed E-state index contributed by atoms with van der Waals surface area (Å²) in [6.45, 7) is 5.47. The van der Waals surface area contributed by atoms with Crippen molar-refractivity contribution in [2.24, 2.45) is 0 Å². The Morgan fingerprint density at radius 1 is 1.46 bits per heavy atom. The Bertz CT molecular complexity index is 303. The number of hydrogen-bond acceptors (Lipinski definition) is 2. The van der Waals surface area contributed by atoms with Gasteiger partial charge < -0.3 is 4.18 Å². The molecule has 0 heterocycles. The maximum absolute atomic E-state index is 11.1. The summed E-state index contributed by atoms with van der Waals surface area (Å²) in [5.41, 5.74) is 1.15. The highest BCUT2D eigenvalue weighted by Gasteiger charge is 1.98. The van der Waals surface area contributed by atoms with Crippen molar-refractivity contribution in [1.82, 2.24) is 0 Å². The standard InChI is InChI=1S/C10H12O2S/c1-3-8-13(11)12-10-6-4-9(2)5-7-10/h3-7H,1,8H2,2H3. The van der Waals surface area contributed by atoms with Gasteiger partial charge in [0.15, 0.2) is 0 Å². The fourth-order valence-electron chi connectivity index (χ4n) is 0.831. The zero-order valence-corrected chi connectivity index (χ0v) is 8.34. The van der Waals surface area contributed by atoms with Crippen molar-refractivity contribution in [2.45, 2.75) is 6.92 Å². The Kier molecular flexibility index (Phi) is 3.71. The highest BCUT2D eigenvalue weighted by molar-refractivity contribution is 7.80. The van der Waals surface area contributed by atoms with E-state index in [2.05, 4.69) is 6.58 Å². The van der Waals surface area contributed by atoms with Gasteiger partial charge in [0.2, 0.25) is 11.1 Å². The lowest BCUT2D eigenvalue weighted by molar-refractivity contribution is 0.565. The summed E-state index contributed by atoms with van der Waals surface area (Å²) >= 11 is -1.30. The van der Waals surface area contributed by atoms with E-state index in [9.17, 15) is 4.21 Å². The average molecular weight is 196 g/mol. The van der Waals surface area contributed by atoms with Crippen LogP contribution in [0, 0.1) is 6.92 Å². The van der Waals surface area contributed by atoms with Gasteiger partial charge in [-0.15, -0.1) is 6.58 Å². The van der Waals surface area contributed by atoms with Crippen molar-refractivity contribution >= 4 is 11.1 Å². The van der Waals surface area contributed by atoms with Gasteiger partial charge in [-0.1, -0.05) is 23.8 Å². The van der Waals surface area contributed by atoms with Crippen LogP contribution in [0.2, 0.25) is 0 Å². The molecule has 1 rings (SSSR count). The van der Waals surface area contributed by atoms with Crippen LogP contribution in [0.1, 0.15) is 5.56 Å². The SMILES string of the molecule is C=CCS(=O)Oc1ccc(C)cc1.